The van der Waals surface area contributed by atoms with Crippen molar-refractivity contribution in [2.75, 3.05) is 12.4 Å². The number of hydrogen-bond donors (Lipinski definition) is 1. The number of rotatable bonds is 6. The Morgan fingerprint density at radius 1 is 1.04 bits per heavy atom. The lowest BCUT2D eigenvalue weighted by atomic mass is 10.2. The molecular weight excluding hydrogens is 321 g/mol. The van der Waals surface area contributed by atoms with Crippen LogP contribution in [0, 0.1) is 5.82 Å². The highest BCUT2D eigenvalue weighted by atomic mass is 19.1. The summed E-state index contributed by atoms with van der Waals surface area (Å²) in [5, 5.41) is 2.83. The summed E-state index contributed by atoms with van der Waals surface area (Å²) in [5.74, 6) is 1.73. The summed E-state index contributed by atoms with van der Waals surface area (Å²) in [4.78, 5) is 12.0. The van der Waals surface area contributed by atoms with Gasteiger partial charge in [-0.3, -0.25) is 4.79 Å². The molecule has 5 heteroatoms. The lowest BCUT2D eigenvalue weighted by Crippen LogP contribution is -2.12. The van der Waals surface area contributed by atoms with E-state index in [4.69, 9.17) is 9.15 Å². The predicted molar refractivity (Wildman–Crippen MR) is 94.0 cm³/mol. The summed E-state index contributed by atoms with van der Waals surface area (Å²) in [5.41, 5.74) is 1.52. The quantitative estimate of drug-likeness (QED) is 0.710. The van der Waals surface area contributed by atoms with E-state index in [1.54, 1.807) is 43.5 Å². The number of carbonyl (C=O) groups excluding carboxylic acids is 1. The normalized spacial score (nSPS) is 10.5. The van der Waals surface area contributed by atoms with Crippen LogP contribution in [0.4, 0.5) is 10.1 Å². The highest BCUT2D eigenvalue weighted by Gasteiger charge is 2.08. The first-order valence-electron chi connectivity index (χ1n) is 7.92. The fourth-order valence-electron chi connectivity index (χ4n) is 2.42. The van der Waals surface area contributed by atoms with Crippen LogP contribution in [0.15, 0.2) is 65.1 Å². The van der Waals surface area contributed by atoms with E-state index < -0.39 is 0 Å². The minimum absolute atomic E-state index is 0.0927. The molecule has 1 amide bonds. The van der Waals surface area contributed by atoms with Gasteiger partial charge in [0, 0.05) is 24.1 Å². The van der Waals surface area contributed by atoms with Gasteiger partial charge in [0.1, 0.15) is 23.1 Å². The molecule has 25 heavy (non-hydrogen) atoms. The number of nitrogens with one attached hydrogen (secondary N) is 1. The Morgan fingerprint density at radius 2 is 1.76 bits per heavy atom. The summed E-state index contributed by atoms with van der Waals surface area (Å²) in [6.45, 7) is 0. The molecule has 0 aliphatic heterocycles. The molecule has 0 aliphatic carbocycles. The molecule has 4 nitrogen and oxygen atoms in total. The van der Waals surface area contributed by atoms with Gasteiger partial charge in [0.15, 0.2) is 0 Å². The summed E-state index contributed by atoms with van der Waals surface area (Å²) in [6.07, 6.45) is 0.797. The topological polar surface area (TPSA) is 51.5 Å². The van der Waals surface area contributed by atoms with Gasteiger partial charge < -0.3 is 14.5 Å². The number of methoxy groups -OCH3 is 1. The van der Waals surface area contributed by atoms with Crippen molar-refractivity contribution < 1.29 is 18.3 Å². The van der Waals surface area contributed by atoms with Gasteiger partial charge in [-0.1, -0.05) is 0 Å². The number of halogens is 1. The van der Waals surface area contributed by atoms with E-state index in [1.807, 2.05) is 12.1 Å². The Labute approximate surface area is 145 Å². The van der Waals surface area contributed by atoms with Crippen molar-refractivity contribution in [1.82, 2.24) is 0 Å². The third-order valence-electron chi connectivity index (χ3n) is 3.76. The zero-order valence-electron chi connectivity index (χ0n) is 13.8. The molecule has 0 atom stereocenters. The summed E-state index contributed by atoms with van der Waals surface area (Å²) in [6, 6.07) is 16.9. The van der Waals surface area contributed by atoms with Crippen molar-refractivity contribution in [3.8, 4) is 17.1 Å². The summed E-state index contributed by atoms with van der Waals surface area (Å²) in [7, 11) is 1.59. The minimum atomic E-state index is -0.286. The van der Waals surface area contributed by atoms with E-state index in [2.05, 4.69) is 5.32 Å². The zero-order chi connectivity index (χ0) is 17.6. The van der Waals surface area contributed by atoms with Crippen LogP contribution in [0.1, 0.15) is 12.2 Å². The minimum Gasteiger partial charge on any atom is -0.497 e. The van der Waals surface area contributed by atoms with Crippen LogP contribution in [-0.2, 0) is 11.2 Å². The Kier molecular flexibility index (Phi) is 5.14. The molecule has 0 unspecified atom stereocenters. The summed E-state index contributed by atoms with van der Waals surface area (Å²) < 4.78 is 23.8. The molecule has 0 fully saturated rings. The van der Waals surface area contributed by atoms with Crippen LogP contribution in [0.2, 0.25) is 0 Å². The third-order valence-corrected chi connectivity index (χ3v) is 3.76. The maximum Gasteiger partial charge on any atom is 0.224 e. The molecule has 0 aliphatic rings. The molecule has 1 N–H and O–H groups in total. The van der Waals surface area contributed by atoms with Crippen molar-refractivity contribution in [3.05, 3.63) is 72.2 Å². The van der Waals surface area contributed by atoms with Crippen molar-refractivity contribution >= 4 is 11.6 Å². The maximum atomic E-state index is 13.0. The number of carbonyl (C=O) groups is 1. The molecule has 2 aromatic carbocycles. The first kappa shape index (κ1) is 16.8. The molecule has 3 rings (SSSR count). The molecule has 0 saturated carbocycles. The van der Waals surface area contributed by atoms with Crippen LogP contribution >= 0.6 is 0 Å². The molecule has 3 aromatic rings. The smallest absolute Gasteiger partial charge is 0.224 e. The molecular formula is C20H18FNO3. The van der Waals surface area contributed by atoms with Crippen molar-refractivity contribution in [1.29, 1.82) is 0 Å². The van der Waals surface area contributed by atoms with Gasteiger partial charge in [-0.2, -0.15) is 0 Å². The Bertz CT molecular complexity index is 838. The third kappa shape index (κ3) is 4.47. The van der Waals surface area contributed by atoms with E-state index in [1.165, 1.54) is 12.1 Å². The van der Waals surface area contributed by atoms with Gasteiger partial charge in [0.25, 0.3) is 0 Å². The highest BCUT2D eigenvalue weighted by molar-refractivity contribution is 5.90. The number of hydrogen-bond acceptors (Lipinski definition) is 3. The average molecular weight is 339 g/mol. The van der Waals surface area contributed by atoms with E-state index in [-0.39, 0.29) is 11.7 Å². The predicted octanol–water partition coefficient (Wildman–Crippen LogP) is 4.67. The second kappa shape index (κ2) is 7.66. The number of benzene rings is 2. The van der Waals surface area contributed by atoms with E-state index in [0.29, 0.717) is 24.4 Å². The van der Waals surface area contributed by atoms with Gasteiger partial charge in [-0.25, -0.2) is 4.39 Å². The van der Waals surface area contributed by atoms with Crippen molar-refractivity contribution in [2.24, 2.45) is 0 Å². The van der Waals surface area contributed by atoms with Gasteiger partial charge in [-0.05, 0) is 60.7 Å². The van der Waals surface area contributed by atoms with Gasteiger partial charge in [-0.15, -0.1) is 0 Å². The van der Waals surface area contributed by atoms with Gasteiger partial charge in [0.2, 0.25) is 5.91 Å². The molecule has 0 radical (unpaired) electrons. The summed E-state index contributed by atoms with van der Waals surface area (Å²) >= 11 is 0. The van der Waals surface area contributed by atoms with Crippen LogP contribution < -0.4 is 10.1 Å². The maximum absolute atomic E-state index is 13.0. The van der Waals surface area contributed by atoms with E-state index in [0.717, 1.165) is 17.0 Å². The van der Waals surface area contributed by atoms with Crippen LogP contribution in [-0.4, -0.2) is 13.0 Å². The van der Waals surface area contributed by atoms with Crippen molar-refractivity contribution in [3.63, 3.8) is 0 Å². The molecule has 0 bridgehead atoms. The number of anilines is 1. The Balaban J connectivity index is 1.54. The fraction of sp³-hybridized carbons (Fsp3) is 0.150. The second-order valence-corrected chi connectivity index (χ2v) is 5.55. The molecule has 1 aromatic heterocycles. The van der Waals surface area contributed by atoms with Crippen molar-refractivity contribution in [2.45, 2.75) is 12.8 Å². The number of ether oxygens (including phenoxy) is 1. The SMILES string of the molecule is COc1ccc(NC(=O)CCc2ccc(-c3ccc(F)cc3)o2)cc1. The highest BCUT2D eigenvalue weighted by Crippen LogP contribution is 2.23. The lowest BCUT2D eigenvalue weighted by Gasteiger charge is -2.05. The molecule has 0 saturated heterocycles. The number of aryl methyl sites for hydroxylation is 1. The fourth-order valence-corrected chi connectivity index (χ4v) is 2.42. The first-order valence-corrected chi connectivity index (χ1v) is 7.92. The van der Waals surface area contributed by atoms with Gasteiger partial charge >= 0.3 is 0 Å². The molecule has 0 spiro atoms. The van der Waals surface area contributed by atoms with E-state index >= 15 is 0 Å². The number of furan rings is 1. The standard InChI is InChI=1S/C20H18FNO3/c1-24-17-8-6-16(7-9-17)22-20(23)13-11-18-10-12-19(25-18)14-2-4-15(21)5-3-14/h2-10,12H,11,13H2,1H3,(H,22,23). The van der Waals surface area contributed by atoms with Gasteiger partial charge in [0.05, 0.1) is 7.11 Å². The Morgan fingerprint density at radius 3 is 2.44 bits per heavy atom. The first-order chi connectivity index (χ1) is 12.1. The number of amides is 1. The van der Waals surface area contributed by atoms with Crippen LogP contribution in [0.5, 0.6) is 5.75 Å². The Hall–Kier alpha value is -3.08. The largest absolute Gasteiger partial charge is 0.497 e. The van der Waals surface area contributed by atoms with Crippen LogP contribution in [0.25, 0.3) is 11.3 Å². The molecule has 128 valence electrons. The zero-order valence-corrected chi connectivity index (χ0v) is 13.8. The van der Waals surface area contributed by atoms with E-state index in [9.17, 15) is 9.18 Å². The monoisotopic (exact) mass is 339 g/mol. The second-order valence-electron chi connectivity index (χ2n) is 5.55. The lowest BCUT2D eigenvalue weighted by molar-refractivity contribution is -0.116. The molecule has 1 heterocycles. The average Bonchev–Trinajstić information content (AvgIpc) is 3.10. The van der Waals surface area contributed by atoms with Crippen LogP contribution in [0.3, 0.4) is 0 Å².